The van der Waals surface area contributed by atoms with E-state index in [9.17, 15) is 0 Å². The van der Waals surface area contributed by atoms with Crippen LogP contribution >= 0.6 is 0 Å². The summed E-state index contributed by atoms with van der Waals surface area (Å²) in [6, 6.07) is 23.2. The third-order valence-electron chi connectivity index (χ3n) is 4.76. The Morgan fingerprint density at radius 1 is 0.926 bits per heavy atom. The summed E-state index contributed by atoms with van der Waals surface area (Å²) in [6.07, 6.45) is 2.46. The summed E-state index contributed by atoms with van der Waals surface area (Å²) in [6.45, 7) is 4.88. The Balaban J connectivity index is 1.95. The standard InChI is InChI=1S/C24H22N3/c1-3-22-21-15-20(18-7-5-4-6-8-18)24(27-23(21)13-14-26-22)19-11-9-17(10-12-19)16-25-2/h4-15,25H,1,3,16H2,2H3/q+1. The van der Waals surface area contributed by atoms with Gasteiger partial charge in [-0.05, 0) is 30.3 Å². The van der Waals surface area contributed by atoms with Crippen LogP contribution in [0.5, 0.6) is 0 Å². The summed E-state index contributed by atoms with van der Waals surface area (Å²) in [5.74, 6) is 0. The molecule has 0 radical (unpaired) electrons. The van der Waals surface area contributed by atoms with Crippen LogP contribution in [0, 0.1) is 6.92 Å². The molecule has 0 aliphatic heterocycles. The SMILES string of the molecule is [CH2+]Cc1nccc2nc(-c3ccc(CNC)cc3)c(-c3ccccc3)cc12. The van der Waals surface area contributed by atoms with Crippen molar-refractivity contribution in [1.82, 2.24) is 15.3 Å². The lowest BCUT2D eigenvalue weighted by molar-refractivity contribution is 0.818. The molecule has 4 aromatic rings. The highest BCUT2D eigenvalue weighted by Crippen LogP contribution is 2.34. The van der Waals surface area contributed by atoms with Crippen LogP contribution in [0.2, 0.25) is 0 Å². The van der Waals surface area contributed by atoms with Crippen molar-refractivity contribution in [2.45, 2.75) is 13.0 Å². The van der Waals surface area contributed by atoms with Gasteiger partial charge in [0.05, 0.1) is 23.8 Å². The van der Waals surface area contributed by atoms with Gasteiger partial charge in [-0.1, -0.05) is 54.6 Å². The van der Waals surface area contributed by atoms with Crippen LogP contribution in [-0.4, -0.2) is 17.0 Å². The number of pyridine rings is 2. The second-order valence-electron chi connectivity index (χ2n) is 6.55. The van der Waals surface area contributed by atoms with Crippen molar-refractivity contribution in [3.05, 3.63) is 91.1 Å². The molecule has 0 saturated carbocycles. The lowest BCUT2D eigenvalue weighted by atomic mass is 9.96. The number of nitrogens with one attached hydrogen (secondary N) is 1. The van der Waals surface area contributed by atoms with Crippen LogP contribution in [-0.2, 0) is 13.0 Å². The predicted octanol–water partition coefficient (Wildman–Crippen LogP) is 5.06. The summed E-state index contributed by atoms with van der Waals surface area (Å²) in [5.41, 5.74) is 7.57. The molecule has 27 heavy (non-hydrogen) atoms. The Morgan fingerprint density at radius 2 is 1.70 bits per heavy atom. The second-order valence-corrected chi connectivity index (χ2v) is 6.55. The number of fused-ring (bicyclic) bond motifs is 1. The molecule has 3 heteroatoms. The molecule has 0 aliphatic carbocycles. The van der Waals surface area contributed by atoms with Gasteiger partial charge in [0, 0.05) is 29.3 Å². The van der Waals surface area contributed by atoms with Crippen LogP contribution in [0.3, 0.4) is 0 Å². The van der Waals surface area contributed by atoms with Gasteiger partial charge < -0.3 is 5.32 Å². The van der Waals surface area contributed by atoms with Gasteiger partial charge in [-0.15, -0.1) is 0 Å². The first-order valence-corrected chi connectivity index (χ1v) is 9.17. The van der Waals surface area contributed by atoms with E-state index >= 15 is 0 Å². The quantitative estimate of drug-likeness (QED) is 0.510. The normalized spacial score (nSPS) is 11.0. The molecular weight excluding hydrogens is 330 g/mol. The van der Waals surface area contributed by atoms with Gasteiger partial charge in [0.25, 0.3) is 0 Å². The molecule has 0 amide bonds. The van der Waals surface area contributed by atoms with Gasteiger partial charge in [-0.3, -0.25) is 4.98 Å². The third-order valence-corrected chi connectivity index (χ3v) is 4.76. The number of rotatable bonds is 5. The van der Waals surface area contributed by atoms with Crippen molar-refractivity contribution in [1.29, 1.82) is 0 Å². The Labute approximate surface area is 160 Å². The Bertz CT molecular complexity index is 1050. The van der Waals surface area contributed by atoms with Gasteiger partial charge in [-0.25, -0.2) is 4.98 Å². The Hall–Kier alpha value is -3.17. The third kappa shape index (κ3) is 3.42. The van der Waals surface area contributed by atoms with Crippen LogP contribution in [0.4, 0.5) is 0 Å². The fourth-order valence-corrected chi connectivity index (χ4v) is 3.39. The monoisotopic (exact) mass is 352 g/mol. The van der Waals surface area contributed by atoms with E-state index in [1.54, 1.807) is 0 Å². The number of nitrogens with zero attached hydrogens (tertiary/aromatic N) is 2. The van der Waals surface area contributed by atoms with Gasteiger partial charge in [-0.2, -0.15) is 0 Å². The van der Waals surface area contributed by atoms with E-state index in [0.717, 1.165) is 45.5 Å². The first-order valence-electron chi connectivity index (χ1n) is 9.17. The molecule has 2 aromatic carbocycles. The van der Waals surface area contributed by atoms with Gasteiger partial charge in [0.2, 0.25) is 0 Å². The zero-order valence-electron chi connectivity index (χ0n) is 15.4. The minimum absolute atomic E-state index is 0.644. The summed E-state index contributed by atoms with van der Waals surface area (Å²) in [7, 11) is 1.96. The van der Waals surface area contributed by atoms with E-state index in [0.29, 0.717) is 6.42 Å². The molecule has 2 aromatic heterocycles. The topological polar surface area (TPSA) is 37.8 Å². The minimum atomic E-state index is 0.644. The number of hydrogen-bond acceptors (Lipinski definition) is 3. The Kier molecular flexibility index (Phi) is 4.86. The molecule has 3 nitrogen and oxygen atoms in total. The number of hydrogen-bond donors (Lipinski definition) is 1. The summed E-state index contributed by atoms with van der Waals surface area (Å²) < 4.78 is 0. The van der Waals surface area contributed by atoms with Gasteiger partial charge in [0.15, 0.2) is 0 Å². The average molecular weight is 352 g/mol. The summed E-state index contributed by atoms with van der Waals surface area (Å²) in [4.78, 5) is 9.51. The molecule has 0 saturated heterocycles. The molecule has 132 valence electrons. The molecule has 4 rings (SSSR count). The maximum absolute atomic E-state index is 5.02. The van der Waals surface area contributed by atoms with Crippen molar-refractivity contribution in [2.24, 2.45) is 0 Å². The average Bonchev–Trinajstić information content (AvgIpc) is 2.74. The molecule has 0 bridgehead atoms. The molecular formula is C24H22N3+. The maximum Gasteiger partial charge on any atom is 0.128 e. The van der Waals surface area contributed by atoms with E-state index < -0.39 is 0 Å². The van der Waals surface area contributed by atoms with E-state index in [1.165, 1.54) is 5.56 Å². The number of benzene rings is 2. The fraction of sp³-hybridized carbons (Fsp3) is 0.125. The molecule has 0 atom stereocenters. The van der Waals surface area contributed by atoms with Crippen molar-refractivity contribution in [2.75, 3.05) is 7.05 Å². The van der Waals surface area contributed by atoms with Gasteiger partial charge in [0.1, 0.15) is 6.42 Å². The van der Waals surface area contributed by atoms with Crippen molar-refractivity contribution in [3.63, 3.8) is 0 Å². The molecule has 2 heterocycles. The zero-order valence-corrected chi connectivity index (χ0v) is 15.4. The van der Waals surface area contributed by atoms with E-state index in [4.69, 9.17) is 4.98 Å². The first-order chi connectivity index (χ1) is 13.3. The summed E-state index contributed by atoms with van der Waals surface area (Å²) in [5, 5.41) is 4.26. The summed E-state index contributed by atoms with van der Waals surface area (Å²) >= 11 is 0. The smallest absolute Gasteiger partial charge is 0.128 e. The van der Waals surface area contributed by atoms with Crippen molar-refractivity contribution >= 4 is 10.9 Å². The molecule has 1 N–H and O–H groups in total. The van der Waals surface area contributed by atoms with Crippen LogP contribution in [0.1, 0.15) is 11.3 Å². The van der Waals surface area contributed by atoms with E-state index in [-0.39, 0.29) is 0 Å². The highest BCUT2D eigenvalue weighted by molar-refractivity contribution is 5.92. The first kappa shape index (κ1) is 17.3. The second kappa shape index (κ2) is 7.60. The minimum Gasteiger partial charge on any atom is -0.316 e. The largest absolute Gasteiger partial charge is 0.316 e. The van der Waals surface area contributed by atoms with Crippen molar-refractivity contribution in [3.8, 4) is 22.4 Å². The van der Waals surface area contributed by atoms with Gasteiger partial charge >= 0.3 is 0 Å². The molecule has 0 fully saturated rings. The lowest BCUT2D eigenvalue weighted by Crippen LogP contribution is -2.04. The fourth-order valence-electron chi connectivity index (χ4n) is 3.39. The highest BCUT2D eigenvalue weighted by Gasteiger charge is 2.14. The zero-order chi connectivity index (χ0) is 18.6. The molecule has 0 spiro atoms. The molecule has 0 aliphatic rings. The lowest BCUT2D eigenvalue weighted by Gasteiger charge is -2.13. The number of aromatic nitrogens is 2. The van der Waals surface area contributed by atoms with E-state index in [1.807, 2.05) is 25.4 Å². The van der Waals surface area contributed by atoms with Crippen molar-refractivity contribution < 1.29 is 0 Å². The van der Waals surface area contributed by atoms with Crippen LogP contribution in [0.25, 0.3) is 33.3 Å². The molecule has 0 unspecified atom stereocenters. The van der Waals surface area contributed by atoms with Crippen LogP contribution in [0.15, 0.2) is 72.9 Å². The Morgan fingerprint density at radius 3 is 2.41 bits per heavy atom. The highest BCUT2D eigenvalue weighted by atomic mass is 14.8. The predicted molar refractivity (Wildman–Crippen MR) is 112 cm³/mol. The van der Waals surface area contributed by atoms with Crippen LogP contribution < -0.4 is 5.32 Å². The van der Waals surface area contributed by atoms with E-state index in [2.05, 4.69) is 71.8 Å². The maximum atomic E-state index is 5.02.